The van der Waals surface area contributed by atoms with Crippen molar-refractivity contribution in [3.8, 4) is 0 Å². The van der Waals surface area contributed by atoms with E-state index in [4.69, 9.17) is 0 Å². The van der Waals surface area contributed by atoms with Crippen LogP contribution in [-0.4, -0.2) is 18.4 Å². The molecule has 1 atom stereocenters. The van der Waals surface area contributed by atoms with Crippen LogP contribution >= 0.6 is 15.9 Å². The molecule has 1 aliphatic rings. The number of benzene rings is 1. The van der Waals surface area contributed by atoms with Gasteiger partial charge in [-0.25, -0.2) is 0 Å². The maximum atomic E-state index is 12.1. The number of halogens is 1. The van der Waals surface area contributed by atoms with Gasteiger partial charge in [-0.15, -0.1) is 0 Å². The van der Waals surface area contributed by atoms with Crippen LogP contribution in [0.4, 0.5) is 0 Å². The highest BCUT2D eigenvalue weighted by Gasteiger charge is 2.42. The summed E-state index contributed by atoms with van der Waals surface area (Å²) in [7, 11) is 0. The fraction of sp³-hybridized carbons (Fsp3) is 0.385. The van der Waals surface area contributed by atoms with Gasteiger partial charge in [0, 0.05) is 11.0 Å². The molecule has 0 radical (unpaired) electrons. The third-order valence-electron chi connectivity index (χ3n) is 2.95. The summed E-state index contributed by atoms with van der Waals surface area (Å²) in [5.41, 5.74) is 0.159. The summed E-state index contributed by atoms with van der Waals surface area (Å²) < 4.78 is 0.953. The first-order valence-corrected chi connectivity index (χ1v) is 6.75. The van der Waals surface area contributed by atoms with E-state index in [2.05, 4.69) is 31.6 Å². The van der Waals surface area contributed by atoms with Crippen molar-refractivity contribution in [3.05, 3.63) is 34.3 Å². The summed E-state index contributed by atoms with van der Waals surface area (Å²) in [6.45, 7) is 4.62. The molecule has 5 heteroatoms. The molecule has 0 aromatic heterocycles. The van der Waals surface area contributed by atoms with E-state index in [1.165, 1.54) is 0 Å². The molecule has 1 aromatic rings. The molecule has 1 unspecified atom stereocenters. The van der Waals surface area contributed by atoms with Crippen molar-refractivity contribution in [3.63, 3.8) is 0 Å². The van der Waals surface area contributed by atoms with Gasteiger partial charge in [0.05, 0.1) is 0 Å². The minimum absolute atomic E-state index is 0.0737. The second-order valence-corrected chi connectivity index (χ2v) is 5.36. The van der Waals surface area contributed by atoms with Crippen LogP contribution in [-0.2, 0) is 10.3 Å². The zero-order valence-corrected chi connectivity index (χ0v) is 12.0. The number of nitrogens with zero attached hydrogens (tertiary/aromatic N) is 1. The smallest absolute Gasteiger partial charge is 0.256 e. The van der Waals surface area contributed by atoms with Crippen LogP contribution in [0.15, 0.2) is 33.7 Å². The third-order valence-corrected chi connectivity index (χ3v) is 3.44. The molecule has 0 bridgehead atoms. The summed E-state index contributed by atoms with van der Waals surface area (Å²) in [6, 6.07) is 7.72. The third kappa shape index (κ3) is 2.41. The first kappa shape index (κ1) is 13.1. The largest absolute Gasteiger partial charge is 0.338 e. The van der Waals surface area contributed by atoms with Gasteiger partial charge in [-0.05, 0) is 31.0 Å². The number of rotatable bonds is 3. The number of carbonyl (C=O) groups is 1. The van der Waals surface area contributed by atoms with Gasteiger partial charge in [0.25, 0.3) is 5.91 Å². The van der Waals surface area contributed by atoms with Crippen LogP contribution < -0.4 is 10.6 Å². The molecule has 0 spiro atoms. The molecule has 4 nitrogen and oxygen atoms in total. The minimum atomic E-state index is -0.754. The molecule has 2 rings (SSSR count). The van der Waals surface area contributed by atoms with Crippen molar-refractivity contribution in [1.82, 2.24) is 10.6 Å². The molecular formula is C13H16BrN3O. The van der Waals surface area contributed by atoms with E-state index in [0.717, 1.165) is 16.5 Å². The quantitative estimate of drug-likeness (QED) is 0.899. The second kappa shape index (κ2) is 5.10. The van der Waals surface area contributed by atoms with Crippen LogP contribution in [0.25, 0.3) is 0 Å². The summed E-state index contributed by atoms with van der Waals surface area (Å²) in [6.07, 6.45) is 0.953. The van der Waals surface area contributed by atoms with E-state index in [0.29, 0.717) is 12.5 Å². The number of aliphatic imine (C=N–C) groups is 1. The SMILES string of the molecule is CCCN=C1NC(=O)C(C)(c2cccc(Br)c2)N1. The van der Waals surface area contributed by atoms with E-state index in [1.807, 2.05) is 38.1 Å². The van der Waals surface area contributed by atoms with E-state index in [1.54, 1.807) is 0 Å². The average Bonchev–Trinajstić information content (AvgIpc) is 2.64. The zero-order valence-electron chi connectivity index (χ0n) is 10.5. The molecule has 2 N–H and O–H groups in total. The molecule has 0 saturated carbocycles. The highest BCUT2D eigenvalue weighted by atomic mass is 79.9. The fourth-order valence-corrected chi connectivity index (χ4v) is 2.26. The molecule has 1 aromatic carbocycles. The lowest BCUT2D eigenvalue weighted by Crippen LogP contribution is -2.40. The number of carbonyl (C=O) groups excluding carboxylic acids is 1. The van der Waals surface area contributed by atoms with Gasteiger partial charge in [0.2, 0.25) is 0 Å². The Morgan fingerprint density at radius 3 is 2.89 bits per heavy atom. The van der Waals surface area contributed by atoms with Crippen molar-refractivity contribution in [2.45, 2.75) is 25.8 Å². The number of hydrogen-bond donors (Lipinski definition) is 2. The highest BCUT2D eigenvalue weighted by molar-refractivity contribution is 9.10. The lowest BCUT2D eigenvalue weighted by Gasteiger charge is -2.21. The minimum Gasteiger partial charge on any atom is -0.338 e. The Kier molecular flexibility index (Phi) is 3.71. The Labute approximate surface area is 115 Å². The van der Waals surface area contributed by atoms with Crippen molar-refractivity contribution in [1.29, 1.82) is 0 Å². The standard InChI is InChI=1S/C13H16BrN3O/c1-3-7-15-12-16-11(18)13(2,17-12)9-5-4-6-10(14)8-9/h4-6,8H,3,7H2,1-2H3,(H2,15,16,17,18). The molecule has 1 amide bonds. The van der Waals surface area contributed by atoms with Crippen LogP contribution in [0.3, 0.4) is 0 Å². The fourth-order valence-electron chi connectivity index (χ4n) is 1.86. The maximum absolute atomic E-state index is 12.1. The second-order valence-electron chi connectivity index (χ2n) is 4.44. The van der Waals surface area contributed by atoms with Gasteiger partial charge in [-0.1, -0.05) is 35.0 Å². The Bertz CT molecular complexity index is 501. The summed E-state index contributed by atoms with van der Waals surface area (Å²) in [4.78, 5) is 16.4. The Morgan fingerprint density at radius 1 is 1.44 bits per heavy atom. The highest BCUT2D eigenvalue weighted by Crippen LogP contribution is 2.26. The molecule has 0 aliphatic carbocycles. The predicted molar refractivity (Wildman–Crippen MR) is 75.4 cm³/mol. The molecule has 1 saturated heterocycles. The number of guanidine groups is 1. The molecule has 1 heterocycles. The van der Waals surface area contributed by atoms with Crippen molar-refractivity contribution in [2.75, 3.05) is 6.54 Å². The number of amides is 1. The lowest BCUT2D eigenvalue weighted by atomic mass is 9.92. The topological polar surface area (TPSA) is 53.5 Å². The monoisotopic (exact) mass is 309 g/mol. The van der Waals surface area contributed by atoms with Gasteiger partial charge in [0.15, 0.2) is 5.96 Å². The molecule has 96 valence electrons. The summed E-state index contributed by atoms with van der Waals surface area (Å²) in [5.74, 6) is 0.486. The predicted octanol–water partition coefficient (Wildman–Crippen LogP) is 2.15. The van der Waals surface area contributed by atoms with Crippen LogP contribution in [0.5, 0.6) is 0 Å². The van der Waals surface area contributed by atoms with Crippen LogP contribution in [0, 0.1) is 0 Å². The van der Waals surface area contributed by atoms with E-state index in [9.17, 15) is 4.79 Å². The van der Waals surface area contributed by atoms with Gasteiger partial charge < -0.3 is 5.32 Å². The maximum Gasteiger partial charge on any atom is 0.256 e. The van der Waals surface area contributed by atoms with Crippen LogP contribution in [0.1, 0.15) is 25.8 Å². The van der Waals surface area contributed by atoms with Gasteiger partial charge in [-0.2, -0.15) is 0 Å². The number of nitrogens with one attached hydrogen (secondary N) is 2. The Morgan fingerprint density at radius 2 is 2.22 bits per heavy atom. The van der Waals surface area contributed by atoms with Crippen molar-refractivity contribution >= 4 is 27.8 Å². The van der Waals surface area contributed by atoms with Gasteiger partial charge >= 0.3 is 0 Å². The molecule has 18 heavy (non-hydrogen) atoms. The Balaban J connectivity index is 2.29. The van der Waals surface area contributed by atoms with E-state index >= 15 is 0 Å². The Hall–Kier alpha value is -1.36. The average molecular weight is 310 g/mol. The first-order valence-electron chi connectivity index (χ1n) is 5.96. The van der Waals surface area contributed by atoms with Gasteiger partial charge in [-0.3, -0.25) is 15.1 Å². The molecule has 1 aliphatic heterocycles. The summed E-state index contributed by atoms with van der Waals surface area (Å²) >= 11 is 3.42. The van der Waals surface area contributed by atoms with Crippen molar-refractivity contribution in [2.24, 2.45) is 4.99 Å². The molecule has 1 fully saturated rings. The van der Waals surface area contributed by atoms with E-state index in [-0.39, 0.29) is 5.91 Å². The number of hydrogen-bond acceptors (Lipinski definition) is 2. The van der Waals surface area contributed by atoms with Crippen molar-refractivity contribution < 1.29 is 4.79 Å². The molecular weight excluding hydrogens is 294 g/mol. The normalized spacial score (nSPS) is 25.1. The van der Waals surface area contributed by atoms with Crippen LogP contribution in [0.2, 0.25) is 0 Å². The lowest BCUT2D eigenvalue weighted by molar-refractivity contribution is -0.123. The van der Waals surface area contributed by atoms with E-state index < -0.39 is 5.54 Å². The summed E-state index contributed by atoms with van der Waals surface area (Å²) in [5, 5.41) is 5.95. The van der Waals surface area contributed by atoms with Gasteiger partial charge in [0.1, 0.15) is 5.54 Å². The first-order chi connectivity index (χ1) is 8.56. The zero-order chi connectivity index (χ0) is 13.2.